The molecule has 0 aliphatic carbocycles. The maximum Gasteiger partial charge on any atom is 0.416 e. The van der Waals surface area contributed by atoms with E-state index in [4.69, 9.17) is 0 Å². The molecule has 2 aromatic carbocycles. The third kappa shape index (κ3) is 4.25. The number of benzene rings is 2. The van der Waals surface area contributed by atoms with Crippen LogP contribution in [-0.4, -0.2) is 54.7 Å². The van der Waals surface area contributed by atoms with Crippen LogP contribution in [0.4, 0.5) is 24.5 Å². The highest BCUT2D eigenvalue weighted by Gasteiger charge is 2.43. The summed E-state index contributed by atoms with van der Waals surface area (Å²) < 4.78 is 39.0. The number of hydrogen-bond donors (Lipinski definition) is 0. The van der Waals surface area contributed by atoms with E-state index in [9.17, 15) is 27.6 Å². The third-order valence-electron chi connectivity index (χ3n) is 5.95. The van der Waals surface area contributed by atoms with E-state index in [0.29, 0.717) is 43.1 Å². The van der Waals surface area contributed by atoms with Crippen LogP contribution in [0.1, 0.15) is 29.3 Å². The van der Waals surface area contributed by atoms with E-state index in [1.807, 2.05) is 9.80 Å². The molecule has 0 spiro atoms. The lowest BCUT2D eigenvalue weighted by Gasteiger charge is -2.38. The lowest BCUT2D eigenvalue weighted by molar-refractivity contribution is -0.137. The molecule has 168 valence electrons. The van der Waals surface area contributed by atoms with Crippen LogP contribution in [0.2, 0.25) is 0 Å². The zero-order chi connectivity index (χ0) is 23.0. The molecule has 0 aromatic heterocycles. The van der Waals surface area contributed by atoms with Crippen molar-refractivity contribution in [2.75, 3.05) is 36.0 Å². The van der Waals surface area contributed by atoms with Gasteiger partial charge in [-0.15, -0.1) is 0 Å². The highest BCUT2D eigenvalue weighted by atomic mass is 19.4. The minimum absolute atomic E-state index is 0.0524. The van der Waals surface area contributed by atoms with Gasteiger partial charge in [0.1, 0.15) is 0 Å². The first-order valence-corrected chi connectivity index (χ1v) is 10.3. The molecule has 1 atom stereocenters. The van der Waals surface area contributed by atoms with Crippen molar-refractivity contribution in [2.45, 2.75) is 25.6 Å². The van der Waals surface area contributed by atoms with E-state index >= 15 is 0 Å². The maximum atomic E-state index is 13.0. The Labute approximate surface area is 183 Å². The summed E-state index contributed by atoms with van der Waals surface area (Å²) in [7, 11) is 0. The molecule has 2 aliphatic rings. The number of carbonyl (C=O) groups excluding carboxylic acids is 3. The summed E-state index contributed by atoms with van der Waals surface area (Å²) in [5, 5.41) is 0. The molecule has 2 aliphatic heterocycles. The highest BCUT2D eigenvalue weighted by molar-refractivity contribution is 6.22. The minimum Gasteiger partial charge on any atom is -0.369 e. The number of ketones is 1. The summed E-state index contributed by atoms with van der Waals surface area (Å²) in [6.07, 6.45) is -4.35. The van der Waals surface area contributed by atoms with Crippen LogP contribution in [0.15, 0.2) is 48.5 Å². The van der Waals surface area contributed by atoms with Gasteiger partial charge >= 0.3 is 6.18 Å². The van der Waals surface area contributed by atoms with Crippen LogP contribution in [-0.2, 0) is 15.8 Å². The fourth-order valence-corrected chi connectivity index (χ4v) is 4.19. The number of Topliss-reactive ketones (excluding diaryl/α,β-unsaturated/α-hetero) is 1. The zero-order valence-electron chi connectivity index (χ0n) is 17.4. The normalized spacial score (nSPS) is 20.2. The second kappa shape index (κ2) is 8.38. The minimum atomic E-state index is -4.40. The Morgan fingerprint density at radius 2 is 1.59 bits per heavy atom. The molecule has 32 heavy (non-hydrogen) atoms. The van der Waals surface area contributed by atoms with E-state index < -0.39 is 17.8 Å². The number of imide groups is 1. The Morgan fingerprint density at radius 3 is 2.19 bits per heavy atom. The van der Waals surface area contributed by atoms with Gasteiger partial charge in [0.15, 0.2) is 5.78 Å². The standard InChI is InChI=1S/C23H22F3N3O3/c1-15(30)16-5-7-18(8-6-16)29-21(31)14-20(22(29)32)28-11-9-27(10-12-28)19-4-2-3-17(13-19)23(24,25)26/h2-8,13,20H,9-12,14H2,1H3/t20-/m1/s1. The number of halogens is 3. The summed E-state index contributed by atoms with van der Waals surface area (Å²) in [6.45, 7) is 3.25. The summed E-state index contributed by atoms with van der Waals surface area (Å²) in [5.41, 5.74) is 0.714. The number of rotatable bonds is 4. The lowest BCUT2D eigenvalue weighted by Crippen LogP contribution is -2.52. The highest BCUT2D eigenvalue weighted by Crippen LogP contribution is 2.32. The summed E-state index contributed by atoms with van der Waals surface area (Å²) >= 11 is 0. The molecule has 0 radical (unpaired) electrons. The molecular weight excluding hydrogens is 423 g/mol. The predicted octanol–water partition coefficient (Wildman–Crippen LogP) is 3.36. The van der Waals surface area contributed by atoms with Crippen molar-refractivity contribution >= 4 is 29.0 Å². The fraction of sp³-hybridized carbons (Fsp3) is 0.348. The topological polar surface area (TPSA) is 60.9 Å². The molecule has 0 saturated carbocycles. The van der Waals surface area contributed by atoms with E-state index in [1.54, 1.807) is 30.3 Å². The molecule has 2 aromatic rings. The maximum absolute atomic E-state index is 13.0. The largest absolute Gasteiger partial charge is 0.416 e. The van der Waals surface area contributed by atoms with Gasteiger partial charge in [-0.3, -0.25) is 19.3 Å². The van der Waals surface area contributed by atoms with Gasteiger partial charge in [0.25, 0.3) is 5.91 Å². The van der Waals surface area contributed by atoms with Crippen molar-refractivity contribution in [3.05, 3.63) is 59.7 Å². The van der Waals surface area contributed by atoms with Gasteiger partial charge in [0.05, 0.1) is 23.7 Å². The van der Waals surface area contributed by atoms with E-state index in [-0.39, 0.29) is 24.0 Å². The van der Waals surface area contributed by atoms with E-state index in [2.05, 4.69) is 0 Å². The van der Waals surface area contributed by atoms with Gasteiger partial charge < -0.3 is 4.90 Å². The van der Waals surface area contributed by atoms with Crippen LogP contribution in [0, 0.1) is 0 Å². The van der Waals surface area contributed by atoms with Gasteiger partial charge in [-0.1, -0.05) is 6.07 Å². The second-order valence-electron chi connectivity index (χ2n) is 7.96. The smallest absolute Gasteiger partial charge is 0.369 e. The van der Waals surface area contributed by atoms with Gasteiger partial charge in [-0.2, -0.15) is 13.2 Å². The van der Waals surface area contributed by atoms with Crippen molar-refractivity contribution < 1.29 is 27.6 Å². The average Bonchev–Trinajstić information content (AvgIpc) is 3.07. The zero-order valence-corrected chi connectivity index (χ0v) is 17.4. The number of nitrogens with zero attached hydrogens (tertiary/aromatic N) is 3. The molecule has 0 bridgehead atoms. The monoisotopic (exact) mass is 445 g/mol. The molecule has 2 heterocycles. The number of carbonyl (C=O) groups is 3. The first-order valence-electron chi connectivity index (χ1n) is 10.3. The number of anilines is 2. The van der Waals surface area contributed by atoms with Crippen molar-refractivity contribution in [1.29, 1.82) is 0 Å². The molecule has 9 heteroatoms. The molecule has 0 unspecified atom stereocenters. The molecule has 2 saturated heterocycles. The van der Waals surface area contributed by atoms with Crippen molar-refractivity contribution in [1.82, 2.24) is 4.90 Å². The number of hydrogen-bond acceptors (Lipinski definition) is 5. The first-order chi connectivity index (χ1) is 15.1. The van der Waals surface area contributed by atoms with Crippen LogP contribution in [0.25, 0.3) is 0 Å². The van der Waals surface area contributed by atoms with Gasteiger partial charge in [-0.05, 0) is 49.4 Å². The fourth-order valence-electron chi connectivity index (χ4n) is 4.19. The summed E-state index contributed by atoms with van der Waals surface area (Å²) in [4.78, 5) is 41.9. The van der Waals surface area contributed by atoms with Crippen molar-refractivity contribution in [3.8, 4) is 0 Å². The molecule has 4 rings (SSSR count). The predicted molar refractivity (Wildman–Crippen MR) is 113 cm³/mol. The average molecular weight is 445 g/mol. The molecular formula is C23H22F3N3O3. The number of amides is 2. The SMILES string of the molecule is CC(=O)c1ccc(N2C(=O)C[C@@H](N3CCN(c4cccc(C(F)(F)F)c4)CC3)C2=O)cc1. The second-order valence-corrected chi connectivity index (χ2v) is 7.96. The molecule has 2 fully saturated rings. The Balaban J connectivity index is 1.42. The van der Waals surface area contributed by atoms with Gasteiger partial charge in [-0.25, -0.2) is 4.90 Å². The summed E-state index contributed by atoms with van der Waals surface area (Å²) in [5.74, 6) is -0.735. The lowest BCUT2D eigenvalue weighted by atomic mass is 10.1. The van der Waals surface area contributed by atoms with Crippen LogP contribution >= 0.6 is 0 Å². The molecule has 6 nitrogen and oxygen atoms in total. The Hall–Kier alpha value is -3.20. The molecule has 2 amide bonds. The Morgan fingerprint density at radius 1 is 0.938 bits per heavy atom. The number of alkyl halides is 3. The Bertz CT molecular complexity index is 1040. The molecule has 0 N–H and O–H groups in total. The van der Waals surface area contributed by atoms with Crippen LogP contribution in [0.5, 0.6) is 0 Å². The van der Waals surface area contributed by atoms with Crippen LogP contribution < -0.4 is 9.80 Å². The number of piperazine rings is 1. The third-order valence-corrected chi connectivity index (χ3v) is 5.95. The van der Waals surface area contributed by atoms with Crippen LogP contribution in [0.3, 0.4) is 0 Å². The first kappa shape index (κ1) is 22.0. The van der Waals surface area contributed by atoms with E-state index in [0.717, 1.165) is 17.0 Å². The van der Waals surface area contributed by atoms with Gasteiger partial charge in [0.2, 0.25) is 5.91 Å². The summed E-state index contributed by atoms with van der Waals surface area (Å²) in [6, 6.07) is 10.9. The van der Waals surface area contributed by atoms with E-state index in [1.165, 1.54) is 13.0 Å². The van der Waals surface area contributed by atoms with Crippen molar-refractivity contribution in [3.63, 3.8) is 0 Å². The quantitative estimate of drug-likeness (QED) is 0.534. The van der Waals surface area contributed by atoms with Gasteiger partial charge in [0, 0.05) is 37.4 Å². The van der Waals surface area contributed by atoms with Crippen molar-refractivity contribution in [2.24, 2.45) is 0 Å². The Kier molecular flexibility index (Phi) is 5.77.